The zero-order valence-corrected chi connectivity index (χ0v) is 10.3. The van der Waals surface area contributed by atoms with E-state index in [1.807, 2.05) is 0 Å². The van der Waals surface area contributed by atoms with E-state index in [-0.39, 0.29) is 16.9 Å². The highest BCUT2D eigenvalue weighted by Crippen LogP contribution is 2.16. The summed E-state index contributed by atoms with van der Waals surface area (Å²) in [5, 5.41) is 13.8. The van der Waals surface area contributed by atoms with Gasteiger partial charge in [-0.15, -0.1) is 0 Å². The van der Waals surface area contributed by atoms with Crippen LogP contribution in [0, 0.1) is 5.82 Å². The van der Waals surface area contributed by atoms with Gasteiger partial charge in [0.2, 0.25) is 0 Å². The Kier molecular flexibility index (Phi) is 3.95. The summed E-state index contributed by atoms with van der Waals surface area (Å²) in [6.45, 7) is 0. The average molecular weight is 274 g/mol. The molecule has 3 N–H and O–H groups in total. The van der Waals surface area contributed by atoms with Gasteiger partial charge in [0.15, 0.2) is 0 Å². The second-order valence-corrected chi connectivity index (χ2v) is 3.94. The standard InChI is InChI=1S/C14H11FN2O3/c15-9-4-3-5-10(8-9)16-14(20)17-12-7-2-1-6-11(12)13(18)19/h1-8H,(H,18,19)(H2,16,17,20). The number of nitrogens with one attached hydrogen (secondary N) is 2. The van der Waals surface area contributed by atoms with Crippen LogP contribution in [0.25, 0.3) is 0 Å². The first-order valence-electron chi connectivity index (χ1n) is 5.72. The molecule has 0 unspecified atom stereocenters. The molecule has 0 aliphatic heterocycles. The fourth-order valence-electron chi connectivity index (χ4n) is 1.63. The molecule has 0 saturated heterocycles. The van der Waals surface area contributed by atoms with Gasteiger partial charge in [0.05, 0.1) is 11.3 Å². The molecule has 0 heterocycles. The number of halogens is 1. The number of hydrogen-bond acceptors (Lipinski definition) is 2. The lowest BCUT2D eigenvalue weighted by Crippen LogP contribution is -2.21. The van der Waals surface area contributed by atoms with E-state index < -0.39 is 17.8 Å². The maximum atomic E-state index is 13.0. The molecular formula is C14H11FN2O3. The predicted molar refractivity (Wildman–Crippen MR) is 72.4 cm³/mol. The monoisotopic (exact) mass is 274 g/mol. The van der Waals surface area contributed by atoms with Gasteiger partial charge in [-0.1, -0.05) is 18.2 Å². The number of para-hydroxylation sites is 1. The van der Waals surface area contributed by atoms with Crippen LogP contribution in [-0.2, 0) is 0 Å². The number of benzene rings is 2. The van der Waals surface area contributed by atoms with Gasteiger partial charge in [-0.25, -0.2) is 14.0 Å². The number of urea groups is 1. The van der Waals surface area contributed by atoms with Crippen molar-refractivity contribution in [3.8, 4) is 0 Å². The number of hydrogen-bond donors (Lipinski definition) is 3. The second kappa shape index (κ2) is 5.83. The van der Waals surface area contributed by atoms with Crippen LogP contribution in [0.3, 0.4) is 0 Å². The van der Waals surface area contributed by atoms with Crippen molar-refractivity contribution in [3.63, 3.8) is 0 Å². The fraction of sp³-hybridized carbons (Fsp3) is 0. The molecule has 2 amide bonds. The van der Waals surface area contributed by atoms with Crippen molar-refractivity contribution in [2.45, 2.75) is 0 Å². The highest BCUT2D eigenvalue weighted by atomic mass is 19.1. The molecule has 0 aliphatic rings. The van der Waals surface area contributed by atoms with E-state index in [9.17, 15) is 14.0 Å². The number of anilines is 2. The van der Waals surface area contributed by atoms with E-state index in [0.717, 1.165) is 6.07 Å². The van der Waals surface area contributed by atoms with E-state index in [4.69, 9.17) is 5.11 Å². The van der Waals surface area contributed by atoms with Gasteiger partial charge < -0.3 is 15.7 Å². The van der Waals surface area contributed by atoms with E-state index in [0.29, 0.717) is 0 Å². The quantitative estimate of drug-likeness (QED) is 0.804. The summed E-state index contributed by atoms with van der Waals surface area (Å²) >= 11 is 0. The smallest absolute Gasteiger partial charge is 0.337 e. The number of carbonyl (C=O) groups is 2. The SMILES string of the molecule is O=C(Nc1cccc(F)c1)Nc1ccccc1C(=O)O. The van der Waals surface area contributed by atoms with Crippen molar-refractivity contribution in [3.05, 3.63) is 59.9 Å². The third-order valence-electron chi connectivity index (χ3n) is 2.49. The lowest BCUT2D eigenvalue weighted by Gasteiger charge is -2.09. The van der Waals surface area contributed by atoms with Crippen LogP contribution >= 0.6 is 0 Å². The van der Waals surface area contributed by atoms with Gasteiger partial charge in [-0.3, -0.25) is 0 Å². The molecule has 0 fully saturated rings. The van der Waals surface area contributed by atoms with Gasteiger partial charge in [-0.2, -0.15) is 0 Å². The van der Waals surface area contributed by atoms with Crippen molar-refractivity contribution in [1.29, 1.82) is 0 Å². The molecule has 2 rings (SSSR count). The highest BCUT2D eigenvalue weighted by Gasteiger charge is 2.11. The van der Waals surface area contributed by atoms with E-state index >= 15 is 0 Å². The first-order valence-corrected chi connectivity index (χ1v) is 5.72. The minimum Gasteiger partial charge on any atom is -0.478 e. The lowest BCUT2D eigenvalue weighted by molar-refractivity contribution is 0.0698. The molecule has 0 atom stereocenters. The summed E-state index contributed by atoms with van der Waals surface area (Å²) in [5.41, 5.74) is 0.408. The van der Waals surface area contributed by atoms with Crippen LogP contribution in [0.1, 0.15) is 10.4 Å². The fourth-order valence-corrected chi connectivity index (χ4v) is 1.63. The van der Waals surface area contributed by atoms with Crippen LogP contribution in [0.15, 0.2) is 48.5 Å². The molecule has 20 heavy (non-hydrogen) atoms. The average Bonchev–Trinajstić information content (AvgIpc) is 2.38. The molecule has 102 valence electrons. The lowest BCUT2D eigenvalue weighted by atomic mass is 10.2. The van der Waals surface area contributed by atoms with Gasteiger partial charge in [0, 0.05) is 5.69 Å². The molecule has 6 heteroatoms. The summed E-state index contributed by atoms with van der Waals surface area (Å²) in [5.74, 6) is -1.62. The zero-order chi connectivity index (χ0) is 14.5. The second-order valence-electron chi connectivity index (χ2n) is 3.94. The minimum atomic E-state index is -1.15. The number of amides is 2. The number of rotatable bonds is 3. The van der Waals surface area contributed by atoms with Gasteiger partial charge in [-0.05, 0) is 30.3 Å². The van der Waals surface area contributed by atoms with Crippen LogP contribution in [0.4, 0.5) is 20.6 Å². The first kappa shape index (κ1) is 13.5. The van der Waals surface area contributed by atoms with Crippen molar-refractivity contribution >= 4 is 23.4 Å². The minimum absolute atomic E-state index is 0.0260. The van der Waals surface area contributed by atoms with E-state index in [1.54, 1.807) is 12.1 Å². The highest BCUT2D eigenvalue weighted by molar-refractivity contribution is 6.04. The number of aromatic carboxylic acids is 1. The third-order valence-corrected chi connectivity index (χ3v) is 2.49. The van der Waals surface area contributed by atoms with Crippen LogP contribution in [-0.4, -0.2) is 17.1 Å². The maximum absolute atomic E-state index is 13.0. The van der Waals surface area contributed by atoms with E-state index in [1.165, 1.54) is 30.3 Å². The Bertz CT molecular complexity index is 658. The summed E-state index contributed by atoms with van der Waals surface area (Å²) in [6.07, 6.45) is 0. The Hall–Kier alpha value is -2.89. The van der Waals surface area contributed by atoms with Gasteiger partial charge in [0.25, 0.3) is 0 Å². The molecular weight excluding hydrogens is 263 g/mol. The summed E-state index contributed by atoms with van der Waals surface area (Å²) in [4.78, 5) is 22.7. The normalized spacial score (nSPS) is 9.85. The molecule has 0 radical (unpaired) electrons. The van der Waals surface area contributed by atoms with Crippen molar-refractivity contribution in [2.75, 3.05) is 10.6 Å². The van der Waals surface area contributed by atoms with Crippen molar-refractivity contribution in [1.82, 2.24) is 0 Å². The first-order chi connectivity index (χ1) is 9.56. The summed E-state index contributed by atoms with van der Waals surface area (Å²) in [6, 6.07) is 10.7. The molecule has 0 aromatic heterocycles. The molecule has 2 aromatic carbocycles. The van der Waals surface area contributed by atoms with Crippen LogP contribution in [0.2, 0.25) is 0 Å². The summed E-state index contributed by atoms with van der Waals surface area (Å²) < 4.78 is 13.0. The third kappa shape index (κ3) is 3.32. The zero-order valence-electron chi connectivity index (χ0n) is 10.3. The van der Waals surface area contributed by atoms with Crippen molar-refractivity contribution in [2.24, 2.45) is 0 Å². The Morgan fingerprint density at radius 1 is 1.00 bits per heavy atom. The largest absolute Gasteiger partial charge is 0.478 e. The molecule has 2 aromatic rings. The van der Waals surface area contributed by atoms with Crippen LogP contribution < -0.4 is 10.6 Å². The van der Waals surface area contributed by atoms with Gasteiger partial charge >= 0.3 is 12.0 Å². The number of carboxylic acid groups (broad SMARTS) is 1. The number of carbonyl (C=O) groups excluding carboxylic acids is 1. The molecule has 5 nitrogen and oxygen atoms in total. The summed E-state index contributed by atoms with van der Waals surface area (Å²) in [7, 11) is 0. The molecule has 0 spiro atoms. The topological polar surface area (TPSA) is 78.4 Å². The Balaban J connectivity index is 2.11. The Morgan fingerprint density at radius 2 is 1.75 bits per heavy atom. The maximum Gasteiger partial charge on any atom is 0.337 e. The Labute approximate surface area is 114 Å². The number of carboxylic acids is 1. The van der Waals surface area contributed by atoms with Gasteiger partial charge in [0.1, 0.15) is 5.82 Å². The van der Waals surface area contributed by atoms with Crippen molar-refractivity contribution < 1.29 is 19.1 Å². The molecule has 0 saturated carbocycles. The molecule has 0 bridgehead atoms. The molecule has 0 aliphatic carbocycles. The predicted octanol–water partition coefficient (Wildman–Crippen LogP) is 3.17. The Morgan fingerprint density at radius 3 is 2.45 bits per heavy atom. The van der Waals surface area contributed by atoms with Crippen LogP contribution in [0.5, 0.6) is 0 Å². The van der Waals surface area contributed by atoms with E-state index in [2.05, 4.69) is 10.6 Å².